The molecule has 1 aliphatic carbocycles. The van der Waals surface area contributed by atoms with E-state index < -0.39 is 0 Å². The number of aryl methyl sites for hydroxylation is 1. The molecule has 2 heteroatoms. The van der Waals surface area contributed by atoms with Crippen LogP contribution in [0.2, 0.25) is 0 Å². The van der Waals surface area contributed by atoms with Crippen molar-refractivity contribution in [3.8, 4) is 0 Å². The molecule has 1 atom stereocenters. The number of benzene rings is 2. The molecule has 0 bridgehead atoms. The number of rotatable bonds is 3. The summed E-state index contributed by atoms with van der Waals surface area (Å²) in [5, 5.41) is 0. The van der Waals surface area contributed by atoms with Gasteiger partial charge >= 0.3 is 0 Å². The Morgan fingerprint density at radius 3 is 2.50 bits per heavy atom. The Bertz CT molecular complexity index is 657. The van der Waals surface area contributed by atoms with Crippen molar-refractivity contribution < 1.29 is 0 Å². The Morgan fingerprint density at radius 2 is 1.77 bits per heavy atom. The number of fused-ring (bicyclic) bond motifs is 1. The van der Waals surface area contributed by atoms with Crippen molar-refractivity contribution in [1.29, 1.82) is 0 Å². The number of nitrogens with zero attached hydrogens (tertiary/aromatic N) is 2. The van der Waals surface area contributed by atoms with E-state index in [1.54, 1.807) is 11.1 Å². The van der Waals surface area contributed by atoms with Gasteiger partial charge in [-0.3, -0.25) is 0 Å². The standard InChI is InChI=1S/C20H24N2/c1-21(2)20-11-9-16-12-15(8-10-19(16)20)17-13-22(14-17)18-6-4-3-5-7-18/h3-8,10,12,17,20H,9,11,13-14H2,1-2H3/t20-/m0/s1. The van der Waals surface area contributed by atoms with Gasteiger partial charge in [0.2, 0.25) is 0 Å². The second-order valence-electron chi connectivity index (χ2n) is 6.91. The van der Waals surface area contributed by atoms with Gasteiger partial charge in [-0.1, -0.05) is 36.4 Å². The summed E-state index contributed by atoms with van der Waals surface area (Å²) in [6, 6.07) is 18.6. The van der Waals surface area contributed by atoms with Crippen LogP contribution in [0.3, 0.4) is 0 Å². The fraction of sp³-hybridized carbons (Fsp3) is 0.400. The highest BCUT2D eigenvalue weighted by Crippen LogP contribution is 2.38. The van der Waals surface area contributed by atoms with E-state index >= 15 is 0 Å². The Morgan fingerprint density at radius 1 is 1.00 bits per heavy atom. The summed E-state index contributed by atoms with van der Waals surface area (Å²) in [4.78, 5) is 4.83. The molecular formula is C20H24N2. The van der Waals surface area contributed by atoms with E-state index in [-0.39, 0.29) is 0 Å². The van der Waals surface area contributed by atoms with Crippen LogP contribution in [0.5, 0.6) is 0 Å². The molecule has 22 heavy (non-hydrogen) atoms. The smallest absolute Gasteiger partial charge is 0.0366 e. The minimum Gasteiger partial charge on any atom is -0.370 e. The van der Waals surface area contributed by atoms with E-state index in [4.69, 9.17) is 0 Å². The summed E-state index contributed by atoms with van der Waals surface area (Å²) in [5.41, 5.74) is 6.01. The molecule has 1 heterocycles. The molecule has 0 amide bonds. The molecule has 1 saturated heterocycles. The lowest BCUT2D eigenvalue weighted by Crippen LogP contribution is -2.45. The zero-order valence-electron chi connectivity index (χ0n) is 13.5. The SMILES string of the molecule is CN(C)[C@H]1CCc2cc(C3CN(c4ccccc4)C3)ccc21. The molecule has 2 aromatic carbocycles. The Kier molecular flexibility index (Phi) is 3.42. The Hall–Kier alpha value is -1.80. The average Bonchev–Trinajstić information content (AvgIpc) is 2.90. The summed E-state index contributed by atoms with van der Waals surface area (Å²) in [7, 11) is 4.38. The largest absolute Gasteiger partial charge is 0.370 e. The number of hydrogen-bond acceptors (Lipinski definition) is 2. The predicted molar refractivity (Wildman–Crippen MR) is 92.6 cm³/mol. The van der Waals surface area contributed by atoms with Crippen LogP contribution in [-0.2, 0) is 6.42 Å². The fourth-order valence-electron chi connectivity index (χ4n) is 3.94. The molecule has 0 N–H and O–H groups in total. The molecule has 0 aromatic heterocycles. The minimum absolute atomic E-state index is 0.617. The highest BCUT2D eigenvalue weighted by molar-refractivity contribution is 5.51. The monoisotopic (exact) mass is 292 g/mol. The first-order valence-electron chi connectivity index (χ1n) is 8.31. The zero-order chi connectivity index (χ0) is 15.1. The van der Waals surface area contributed by atoms with Gasteiger partial charge in [0.15, 0.2) is 0 Å². The van der Waals surface area contributed by atoms with Crippen LogP contribution in [0.25, 0.3) is 0 Å². The fourth-order valence-corrected chi connectivity index (χ4v) is 3.94. The third-order valence-corrected chi connectivity index (χ3v) is 5.31. The first-order valence-corrected chi connectivity index (χ1v) is 8.31. The summed E-state index contributed by atoms with van der Waals surface area (Å²) in [6.45, 7) is 2.31. The number of hydrogen-bond donors (Lipinski definition) is 0. The maximum atomic E-state index is 2.48. The molecule has 4 rings (SSSR count). The third kappa shape index (κ3) is 2.32. The normalized spacial score (nSPS) is 21.0. The molecule has 0 saturated carbocycles. The van der Waals surface area contributed by atoms with Gasteiger partial charge in [-0.25, -0.2) is 0 Å². The zero-order valence-corrected chi connectivity index (χ0v) is 13.5. The van der Waals surface area contributed by atoms with Gasteiger partial charge in [-0.15, -0.1) is 0 Å². The van der Waals surface area contributed by atoms with Crippen molar-refractivity contribution in [3.05, 3.63) is 65.2 Å². The maximum Gasteiger partial charge on any atom is 0.0366 e. The molecule has 0 spiro atoms. The van der Waals surface area contributed by atoms with E-state index in [1.165, 1.54) is 24.1 Å². The van der Waals surface area contributed by atoms with Crippen molar-refractivity contribution in [2.45, 2.75) is 24.8 Å². The lowest BCUT2D eigenvalue weighted by Gasteiger charge is -2.41. The summed E-state index contributed by atoms with van der Waals surface area (Å²) >= 11 is 0. The van der Waals surface area contributed by atoms with Crippen molar-refractivity contribution in [3.63, 3.8) is 0 Å². The molecule has 2 aromatic rings. The van der Waals surface area contributed by atoms with Crippen molar-refractivity contribution >= 4 is 5.69 Å². The topological polar surface area (TPSA) is 6.48 Å². The molecule has 114 valence electrons. The van der Waals surface area contributed by atoms with Gasteiger partial charge in [0, 0.05) is 30.7 Å². The molecule has 2 aliphatic rings. The van der Waals surface area contributed by atoms with Gasteiger partial charge < -0.3 is 9.80 Å². The van der Waals surface area contributed by atoms with E-state index in [2.05, 4.69) is 72.4 Å². The van der Waals surface area contributed by atoms with Crippen LogP contribution >= 0.6 is 0 Å². The number of para-hydroxylation sites is 1. The van der Waals surface area contributed by atoms with E-state index in [0.717, 1.165) is 13.1 Å². The van der Waals surface area contributed by atoms with Crippen LogP contribution in [0, 0.1) is 0 Å². The molecule has 0 unspecified atom stereocenters. The van der Waals surface area contributed by atoms with Gasteiger partial charge in [0.05, 0.1) is 0 Å². The summed E-state index contributed by atoms with van der Waals surface area (Å²) < 4.78 is 0. The predicted octanol–water partition coefficient (Wildman–Crippen LogP) is 3.84. The highest BCUT2D eigenvalue weighted by atomic mass is 15.2. The summed E-state index contributed by atoms with van der Waals surface area (Å²) in [5.74, 6) is 0.698. The lowest BCUT2D eigenvalue weighted by molar-refractivity contribution is 0.299. The molecule has 1 fully saturated rings. The van der Waals surface area contributed by atoms with Gasteiger partial charge in [0.1, 0.15) is 0 Å². The van der Waals surface area contributed by atoms with Crippen LogP contribution in [0.15, 0.2) is 48.5 Å². The van der Waals surface area contributed by atoms with Crippen molar-refractivity contribution in [2.24, 2.45) is 0 Å². The van der Waals surface area contributed by atoms with Gasteiger partial charge in [-0.05, 0) is 55.8 Å². The Balaban J connectivity index is 1.48. The quantitative estimate of drug-likeness (QED) is 0.848. The van der Waals surface area contributed by atoms with Crippen molar-refractivity contribution in [1.82, 2.24) is 4.90 Å². The van der Waals surface area contributed by atoms with E-state index in [9.17, 15) is 0 Å². The minimum atomic E-state index is 0.617. The van der Waals surface area contributed by atoms with Crippen LogP contribution < -0.4 is 4.90 Å². The Labute approximate surface area is 133 Å². The average molecular weight is 292 g/mol. The molecular weight excluding hydrogens is 268 g/mol. The lowest BCUT2D eigenvalue weighted by atomic mass is 9.89. The maximum absolute atomic E-state index is 2.48. The number of anilines is 1. The van der Waals surface area contributed by atoms with Crippen LogP contribution in [0.1, 0.15) is 35.1 Å². The first-order chi connectivity index (χ1) is 10.7. The highest BCUT2D eigenvalue weighted by Gasteiger charge is 2.30. The first kappa shape index (κ1) is 13.8. The molecule has 0 radical (unpaired) electrons. The van der Waals surface area contributed by atoms with Crippen LogP contribution in [-0.4, -0.2) is 32.1 Å². The summed E-state index contributed by atoms with van der Waals surface area (Å²) in [6.07, 6.45) is 2.51. The van der Waals surface area contributed by atoms with Gasteiger partial charge in [0.25, 0.3) is 0 Å². The van der Waals surface area contributed by atoms with Crippen LogP contribution in [0.4, 0.5) is 5.69 Å². The van der Waals surface area contributed by atoms with E-state index in [0.29, 0.717) is 12.0 Å². The van der Waals surface area contributed by atoms with Crippen molar-refractivity contribution in [2.75, 3.05) is 32.1 Å². The van der Waals surface area contributed by atoms with Gasteiger partial charge in [-0.2, -0.15) is 0 Å². The second-order valence-corrected chi connectivity index (χ2v) is 6.91. The van der Waals surface area contributed by atoms with E-state index in [1.807, 2.05) is 0 Å². The molecule has 2 nitrogen and oxygen atoms in total. The molecule has 1 aliphatic heterocycles. The second kappa shape index (κ2) is 5.44. The third-order valence-electron chi connectivity index (χ3n) is 5.31.